The van der Waals surface area contributed by atoms with Crippen molar-refractivity contribution in [3.8, 4) is 0 Å². The normalized spacial score (nSPS) is 18.0. The lowest BCUT2D eigenvalue weighted by molar-refractivity contribution is 0.186. The third-order valence-corrected chi connectivity index (χ3v) is 9.10. The number of amides is 2. The first-order valence-corrected chi connectivity index (χ1v) is 17.2. The number of nitrogens with zero attached hydrogens (tertiary/aromatic N) is 4. The summed E-state index contributed by atoms with van der Waals surface area (Å²) in [5.74, 6) is 0. The molecular weight excluding hydrogens is 568 g/mol. The highest BCUT2D eigenvalue weighted by molar-refractivity contribution is 6.03. The molecule has 4 rings (SSSR count). The monoisotopic (exact) mass is 624 g/mol. The number of hydrogen-bond acceptors (Lipinski definition) is 5. The van der Waals surface area contributed by atoms with Crippen molar-refractivity contribution in [1.82, 2.24) is 20.7 Å². The predicted molar refractivity (Wildman–Crippen MR) is 195 cm³/mol. The van der Waals surface area contributed by atoms with Crippen LogP contribution in [0.2, 0.25) is 0 Å². The Morgan fingerprint density at radius 3 is 1.33 bits per heavy atom. The average Bonchev–Trinajstić information content (AvgIpc) is 3.03. The maximum Gasteiger partial charge on any atom is 0.355 e. The number of likely N-dealkylation sites (tertiary alicyclic amines) is 2. The second-order valence-corrected chi connectivity index (χ2v) is 14.5. The van der Waals surface area contributed by atoms with E-state index >= 15 is 0 Å². The number of urea groups is 1. The Morgan fingerprint density at radius 2 is 0.978 bits per heavy atom. The van der Waals surface area contributed by atoms with Gasteiger partial charge in [-0.05, 0) is 89.0 Å². The third kappa shape index (κ3) is 11.4. The lowest BCUT2D eigenvalue weighted by atomic mass is 9.85. The number of nitrogens with one attached hydrogen (secondary N) is 2. The summed E-state index contributed by atoms with van der Waals surface area (Å²) in [4.78, 5) is 18.2. The van der Waals surface area contributed by atoms with Gasteiger partial charge in [-0.2, -0.15) is 10.2 Å². The van der Waals surface area contributed by atoms with Crippen LogP contribution in [0.25, 0.3) is 12.2 Å². The van der Waals surface area contributed by atoms with Crippen molar-refractivity contribution in [1.29, 1.82) is 0 Å². The lowest BCUT2D eigenvalue weighted by Gasteiger charge is -2.35. The van der Waals surface area contributed by atoms with Crippen LogP contribution in [0.5, 0.6) is 0 Å². The van der Waals surface area contributed by atoms with Gasteiger partial charge in [0, 0.05) is 23.9 Å². The molecule has 0 radical (unpaired) electrons. The summed E-state index contributed by atoms with van der Waals surface area (Å²) in [7, 11) is 0. The van der Waals surface area contributed by atoms with Gasteiger partial charge in [0.2, 0.25) is 0 Å². The van der Waals surface area contributed by atoms with E-state index in [9.17, 15) is 4.79 Å². The van der Waals surface area contributed by atoms with Crippen LogP contribution in [-0.4, -0.2) is 66.5 Å². The molecule has 2 fully saturated rings. The summed E-state index contributed by atoms with van der Waals surface area (Å²) in [5, 5.41) is 9.35. The number of carbonyl (C=O) groups is 1. The van der Waals surface area contributed by atoms with Crippen LogP contribution in [0.1, 0.15) is 88.5 Å². The zero-order chi connectivity index (χ0) is 33.0. The highest BCUT2D eigenvalue weighted by atomic mass is 16.2. The van der Waals surface area contributed by atoms with Crippen LogP contribution >= 0.6 is 0 Å². The van der Waals surface area contributed by atoms with E-state index in [1.54, 1.807) is 0 Å². The summed E-state index contributed by atoms with van der Waals surface area (Å²) < 4.78 is 0. The smallest absolute Gasteiger partial charge is 0.302 e. The molecule has 0 saturated carbocycles. The van der Waals surface area contributed by atoms with Crippen LogP contribution in [-0.2, 0) is 0 Å². The Bertz CT molecular complexity index is 1270. The maximum atomic E-state index is 13.2. The Labute approximate surface area is 277 Å². The highest BCUT2D eigenvalue weighted by Crippen LogP contribution is 2.25. The maximum absolute atomic E-state index is 13.2. The van der Waals surface area contributed by atoms with E-state index < -0.39 is 6.03 Å². The van der Waals surface area contributed by atoms with Gasteiger partial charge in [-0.25, -0.2) is 15.6 Å². The molecule has 0 unspecified atom stereocenters. The van der Waals surface area contributed by atoms with E-state index in [-0.39, 0.29) is 10.8 Å². The zero-order valence-electron chi connectivity index (χ0n) is 29.1. The number of benzene rings is 2. The van der Waals surface area contributed by atoms with E-state index in [1.807, 2.05) is 12.2 Å². The second-order valence-electron chi connectivity index (χ2n) is 14.5. The zero-order valence-corrected chi connectivity index (χ0v) is 29.1. The Hall–Kier alpha value is -3.55. The van der Waals surface area contributed by atoms with Gasteiger partial charge in [-0.3, -0.25) is 0 Å². The molecule has 2 amide bonds. The molecule has 2 N–H and O–H groups in total. The Morgan fingerprint density at radius 1 is 0.630 bits per heavy atom. The quantitative estimate of drug-likeness (QED) is 0.185. The fourth-order valence-electron chi connectivity index (χ4n) is 6.30. The minimum Gasteiger partial charge on any atom is -0.302 e. The molecule has 46 heavy (non-hydrogen) atoms. The summed E-state index contributed by atoms with van der Waals surface area (Å²) in [6.45, 7) is 19.2. The van der Waals surface area contributed by atoms with Crippen molar-refractivity contribution in [2.75, 3.05) is 39.3 Å². The van der Waals surface area contributed by atoms with E-state index in [4.69, 9.17) is 0 Å². The van der Waals surface area contributed by atoms with Crippen molar-refractivity contribution in [3.05, 3.63) is 82.9 Å². The first-order chi connectivity index (χ1) is 22.0. The van der Waals surface area contributed by atoms with Gasteiger partial charge < -0.3 is 9.80 Å². The molecule has 248 valence electrons. The van der Waals surface area contributed by atoms with Gasteiger partial charge in [-0.1, -0.05) is 112 Å². The Balaban J connectivity index is 1.53. The molecule has 2 aromatic rings. The summed E-state index contributed by atoms with van der Waals surface area (Å²) in [5.41, 5.74) is 11.3. The highest BCUT2D eigenvalue weighted by Gasteiger charge is 2.29. The third-order valence-electron chi connectivity index (χ3n) is 9.10. The molecule has 0 aromatic heterocycles. The number of piperidine rings is 2. The molecule has 2 heterocycles. The van der Waals surface area contributed by atoms with Gasteiger partial charge in [0.1, 0.15) is 0 Å². The van der Waals surface area contributed by atoms with Crippen LogP contribution < -0.4 is 10.9 Å². The fraction of sp³-hybridized carbons (Fsp3) is 0.513. The molecule has 0 bridgehead atoms. The van der Waals surface area contributed by atoms with E-state index in [2.05, 4.69) is 133 Å². The number of aryl methyl sites for hydroxylation is 2. The topological polar surface area (TPSA) is 72.3 Å². The minimum absolute atomic E-state index is 0.270. The fourth-order valence-corrected chi connectivity index (χ4v) is 6.30. The molecule has 0 spiro atoms. The summed E-state index contributed by atoms with van der Waals surface area (Å²) in [6, 6.07) is 16.4. The van der Waals surface area contributed by atoms with Crippen molar-refractivity contribution in [2.45, 2.75) is 80.1 Å². The molecule has 0 aliphatic carbocycles. The van der Waals surface area contributed by atoms with Gasteiger partial charge >= 0.3 is 6.03 Å². The summed E-state index contributed by atoms with van der Waals surface area (Å²) >= 11 is 0. The van der Waals surface area contributed by atoms with Crippen LogP contribution in [0, 0.1) is 24.7 Å². The van der Waals surface area contributed by atoms with Crippen molar-refractivity contribution >= 4 is 29.6 Å². The van der Waals surface area contributed by atoms with Gasteiger partial charge in [-0.15, -0.1) is 0 Å². The molecule has 0 atom stereocenters. The van der Waals surface area contributed by atoms with Crippen LogP contribution in [0.3, 0.4) is 0 Å². The minimum atomic E-state index is -0.454. The lowest BCUT2D eigenvalue weighted by Crippen LogP contribution is -2.43. The first-order valence-electron chi connectivity index (χ1n) is 17.2. The first kappa shape index (κ1) is 35.3. The average molecular weight is 625 g/mol. The van der Waals surface area contributed by atoms with Gasteiger partial charge in [0.05, 0.1) is 11.4 Å². The molecule has 2 aliphatic heterocycles. The van der Waals surface area contributed by atoms with Crippen molar-refractivity contribution in [3.63, 3.8) is 0 Å². The molecule has 2 saturated heterocycles. The van der Waals surface area contributed by atoms with Crippen molar-refractivity contribution in [2.24, 2.45) is 21.0 Å². The number of rotatable bonds is 12. The van der Waals surface area contributed by atoms with E-state index in [1.165, 1.54) is 49.7 Å². The number of carbonyl (C=O) groups excluding carboxylic acids is 1. The van der Waals surface area contributed by atoms with Crippen LogP contribution in [0.4, 0.5) is 4.79 Å². The molecule has 7 nitrogen and oxygen atoms in total. The molecule has 7 heteroatoms. The van der Waals surface area contributed by atoms with Crippen molar-refractivity contribution < 1.29 is 4.79 Å². The number of hydrazone groups is 2. The largest absolute Gasteiger partial charge is 0.355 e. The van der Waals surface area contributed by atoms with Crippen LogP contribution in [0.15, 0.2) is 70.9 Å². The molecule has 2 aromatic carbocycles. The molecule has 2 aliphatic rings. The van der Waals surface area contributed by atoms with E-state index in [0.717, 1.165) is 61.8 Å². The van der Waals surface area contributed by atoms with Gasteiger partial charge in [0.25, 0.3) is 0 Å². The van der Waals surface area contributed by atoms with Gasteiger partial charge in [0.15, 0.2) is 0 Å². The summed E-state index contributed by atoms with van der Waals surface area (Å²) in [6.07, 6.45) is 15.7. The predicted octanol–water partition coefficient (Wildman–Crippen LogP) is 8.07. The number of hydrogen-bond donors (Lipinski definition) is 2. The number of allylic oxidation sites excluding steroid dienone is 2. The Kier molecular flexibility index (Phi) is 12.9. The SMILES string of the molecule is Cc1ccc(/C=C\C(=N\NC(=O)N/N=C(/C=C/c2ccc(C)cc2)C(C)(C)CN2CCCCC2)C(C)(C)CN2CCCCC2)cc1. The van der Waals surface area contributed by atoms with E-state index in [0.29, 0.717) is 0 Å². The second kappa shape index (κ2) is 16.8. The molecular formula is C39H56N6O. The standard InChI is InChI=1S/C39H56N6O/c1-31-13-17-33(18-14-31)21-23-35(38(3,4)29-44-25-9-7-10-26-44)40-42-37(46)43-41-36(24-22-34-19-15-32(2)16-20-34)39(5,6)30-45-27-11-8-12-28-45/h13-24H,7-12,25-30H2,1-6H3,(H2,42,43,46)/b23-21-,24-22+,40-35-,41-36-.